The highest BCUT2D eigenvalue weighted by atomic mass is 35.5. The van der Waals surface area contributed by atoms with Gasteiger partial charge in [0.05, 0.1) is 18.2 Å². The highest BCUT2D eigenvalue weighted by molar-refractivity contribution is 6.30. The average molecular weight is 493 g/mol. The first-order chi connectivity index (χ1) is 16.8. The number of benzene rings is 2. The number of pyridine rings is 1. The van der Waals surface area contributed by atoms with Crippen LogP contribution in [0, 0.1) is 13.8 Å². The standard InChI is InChI=1S/C26H25ClN4O4/c1-16-14-17(2)29-24-23(16)25(33)30(26(34)31(24)20-6-4-5-7-21(20)35-3)15-22(32)28-13-12-18-8-10-19(27)11-9-18/h4-11,14H,12-13,15H2,1-3H3,(H,28,32). The number of rotatable bonds is 7. The Labute approximate surface area is 206 Å². The van der Waals surface area contributed by atoms with Gasteiger partial charge in [0, 0.05) is 17.3 Å². The minimum absolute atomic E-state index is 0.224. The molecule has 4 aromatic rings. The van der Waals surface area contributed by atoms with Crippen molar-refractivity contribution >= 4 is 28.5 Å². The van der Waals surface area contributed by atoms with Gasteiger partial charge in [-0.2, -0.15) is 0 Å². The SMILES string of the molecule is COc1ccccc1-n1c(=O)n(CC(=O)NCCc2ccc(Cl)cc2)c(=O)c2c(C)cc(C)nc21. The molecule has 2 heterocycles. The number of fused-ring (bicyclic) bond motifs is 1. The third-order valence-electron chi connectivity index (χ3n) is 5.70. The van der Waals surface area contributed by atoms with Crippen LogP contribution < -0.4 is 21.3 Å². The van der Waals surface area contributed by atoms with Crippen LogP contribution >= 0.6 is 11.6 Å². The van der Waals surface area contributed by atoms with E-state index in [-0.39, 0.29) is 11.0 Å². The molecular formula is C26H25ClN4O4. The van der Waals surface area contributed by atoms with Gasteiger partial charge in [0.15, 0.2) is 5.65 Å². The fraction of sp³-hybridized carbons (Fsp3) is 0.231. The number of ether oxygens (including phenoxy) is 1. The summed E-state index contributed by atoms with van der Waals surface area (Å²) >= 11 is 5.91. The molecule has 4 rings (SSSR count). The highest BCUT2D eigenvalue weighted by Gasteiger charge is 2.21. The molecule has 0 atom stereocenters. The maximum absolute atomic E-state index is 13.6. The zero-order valence-corrected chi connectivity index (χ0v) is 20.4. The summed E-state index contributed by atoms with van der Waals surface area (Å²) in [5.74, 6) is -0.00344. The molecule has 1 N–H and O–H groups in total. The van der Waals surface area contributed by atoms with E-state index < -0.39 is 23.7 Å². The van der Waals surface area contributed by atoms with Crippen LogP contribution in [0.4, 0.5) is 0 Å². The molecule has 2 aromatic heterocycles. The lowest BCUT2D eigenvalue weighted by Gasteiger charge is -2.17. The summed E-state index contributed by atoms with van der Waals surface area (Å²) in [6.07, 6.45) is 0.587. The number of halogens is 1. The van der Waals surface area contributed by atoms with Crippen LogP contribution in [-0.2, 0) is 17.8 Å². The van der Waals surface area contributed by atoms with Gasteiger partial charge in [-0.05, 0) is 61.7 Å². The van der Waals surface area contributed by atoms with Crippen LogP contribution in [0.15, 0.2) is 64.2 Å². The van der Waals surface area contributed by atoms with E-state index in [4.69, 9.17) is 16.3 Å². The number of methoxy groups -OCH3 is 1. The summed E-state index contributed by atoms with van der Waals surface area (Å²) in [5, 5.41) is 3.69. The molecule has 0 saturated carbocycles. The smallest absolute Gasteiger partial charge is 0.337 e. The van der Waals surface area contributed by atoms with Crippen molar-refractivity contribution in [3.63, 3.8) is 0 Å². The van der Waals surface area contributed by atoms with Crippen LogP contribution in [0.1, 0.15) is 16.8 Å². The molecule has 2 aromatic carbocycles. The van der Waals surface area contributed by atoms with E-state index in [0.717, 1.165) is 10.1 Å². The van der Waals surface area contributed by atoms with Crippen molar-refractivity contribution in [3.05, 3.63) is 97.3 Å². The number of aryl methyl sites for hydroxylation is 2. The molecule has 0 fully saturated rings. The van der Waals surface area contributed by atoms with Crippen LogP contribution in [0.5, 0.6) is 5.75 Å². The summed E-state index contributed by atoms with van der Waals surface area (Å²) < 4.78 is 7.73. The molecule has 0 bridgehead atoms. The molecule has 0 unspecified atom stereocenters. The maximum Gasteiger partial charge on any atom is 0.337 e. The van der Waals surface area contributed by atoms with E-state index in [1.165, 1.54) is 11.7 Å². The molecule has 0 aliphatic carbocycles. The van der Waals surface area contributed by atoms with Crippen LogP contribution in [0.2, 0.25) is 5.02 Å². The lowest BCUT2D eigenvalue weighted by molar-refractivity contribution is -0.121. The number of nitrogens with one attached hydrogen (secondary N) is 1. The number of para-hydroxylation sites is 2. The summed E-state index contributed by atoms with van der Waals surface area (Å²) in [5.41, 5.74) is 1.76. The lowest BCUT2D eigenvalue weighted by Crippen LogP contribution is -2.44. The minimum Gasteiger partial charge on any atom is -0.495 e. The van der Waals surface area contributed by atoms with Crippen molar-refractivity contribution in [1.29, 1.82) is 0 Å². The molecule has 0 saturated heterocycles. The second-order valence-corrected chi connectivity index (χ2v) is 8.62. The van der Waals surface area contributed by atoms with E-state index in [1.807, 2.05) is 12.1 Å². The Morgan fingerprint density at radius 3 is 2.51 bits per heavy atom. The number of hydrogen-bond donors (Lipinski definition) is 1. The van der Waals surface area contributed by atoms with Gasteiger partial charge in [-0.3, -0.25) is 9.59 Å². The lowest BCUT2D eigenvalue weighted by atomic mass is 10.1. The van der Waals surface area contributed by atoms with Crippen molar-refractivity contribution in [3.8, 4) is 11.4 Å². The van der Waals surface area contributed by atoms with Gasteiger partial charge in [-0.1, -0.05) is 35.9 Å². The zero-order valence-electron chi connectivity index (χ0n) is 19.7. The Balaban J connectivity index is 1.74. The minimum atomic E-state index is -0.669. The first-order valence-corrected chi connectivity index (χ1v) is 11.5. The van der Waals surface area contributed by atoms with E-state index in [9.17, 15) is 14.4 Å². The fourth-order valence-electron chi connectivity index (χ4n) is 4.04. The largest absolute Gasteiger partial charge is 0.495 e. The second-order valence-electron chi connectivity index (χ2n) is 8.19. The van der Waals surface area contributed by atoms with E-state index in [0.29, 0.717) is 40.7 Å². The van der Waals surface area contributed by atoms with Crippen molar-refractivity contribution < 1.29 is 9.53 Å². The Morgan fingerprint density at radius 1 is 1.09 bits per heavy atom. The van der Waals surface area contributed by atoms with Gasteiger partial charge < -0.3 is 10.1 Å². The summed E-state index contributed by atoms with van der Waals surface area (Å²) in [4.78, 5) is 44.2. The summed E-state index contributed by atoms with van der Waals surface area (Å²) in [7, 11) is 1.50. The monoisotopic (exact) mass is 492 g/mol. The molecule has 1 amide bonds. The molecule has 0 aliphatic heterocycles. The van der Waals surface area contributed by atoms with Gasteiger partial charge in [0.25, 0.3) is 5.56 Å². The topological polar surface area (TPSA) is 95.2 Å². The predicted octanol–water partition coefficient (Wildman–Crippen LogP) is 3.19. The number of hydrogen-bond acceptors (Lipinski definition) is 5. The van der Waals surface area contributed by atoms with Crippen molar-refractivity contribution in [2.75, 3.05) is 13.7 Å². The summed E-state index contributed by atoms with van der Waals surface area (Å²) in [6.45, 7) is 3.51. The van der Waals surface area contributed by atoms with E-state index in [2.05, 4.69) is 10.3 Å². The van der Waals surface area contributed by atoms with Crippen molar-refractivity contribution in [2.24, 2.45) is 0 Å². The van der Waals surface area contributed by atoms with Gasteiger partial charge in [0.2, 0.25) is 5.91 Å². The third kappa shape index (κ3) is 4.97. The number of carbonyl (C=O) groups excluding carboxylic acids is 1. The fourth-order valence-corrected chi connectivity index (χ4v) is 4.17. The Bertz CT molecular complexity index is 1520. The first kappa shape index (κ1) is 24.2. The van der Waals surface area contributed by atoms with E-state index >= 15 is 0 Å². The molecule has 180 valence electrons. The molecule has 8 nitrogen and oxygen atoms in total. The van der Waals surface area contributed by atoms with Gasteiger partial charge in [-0.15, -0.1) is 0 Å². The number of aromatic nitrogens is 3. The Kier molecular flexibility index (Phi) is 7.02. The first-order valence-electron chi connectivity index (χ1n) is 11.1. The molecular weight excluding hydrogens is 468 g/mol. The number of carbonyl (C=O) groups is 1. The average Bonchev–Trinajstić information content (AvgIpc) is 2.83. The molecule has 0 aliphatic rings. The number of amides is 1. The normalized spacial score (nSPS) is 11.0. The summed E-state index contributed by atoms with van der Waals surface area (Å²) in [6, 6.07) is 16.1. The van der Waals surface area contributed by atoms with Gasteiger partial charge >= 0.3 is 5.69 Å². The molecule has 0 spiro atoms. The Hall–Kier alpha value is -3.91. The Morgan fingerprint density at radius 2 is 1.80 bits per heavy atom. The number of nitrogens with zero attached hydrogens (tertiary/aromatic N) is 3. The third-order valence-corrected chi connectivity index (χ3v) is 5.95. The molecule has 0 radical (unpaired) electrons. The predicted molar refractivity (Wildman–Crippen MR) is 136 cm³/mol. The van der Waals surface area contributed by atoms with Gasteiger partial charge in [0.1, 0.15) is 12.3 Å². The van der Waals surface area contributed by atoms with Crippen molar-refractivity contribution in [2.45, 2.75) is 26.8 Å². The quantitative estimate of drug-likeness (QED) is 0.427. The van der Waals surface area contributed by atoms with Crippen LogP contribution in [-0.4, -0.2) is 33.7 Å². The zero-order chi connectivity index (χ0) is 25.1. The second kappa shape index (κ2) is 10.1. The van der Waals surface area contributed by atoms with E-state index in [1.54, 1.807) is 56.3 Å². The molecule has 9 heteroatoms. The maximum atomic E-state index is 13.6. The van der Waals surface area contributed by atoms with Crippen LogP contribution in [0.3, 0.4) is 0 Å². The van der Waals surface area contributed by atoms with Crippen molar-refractivity contribution in [1.82, 2.24) is 19.4 Å². The molecule has 35 heavy (non-hydrogen) atoms. The highest BCUT2D eigenvalue weighted by Crippen LogP contribution is 2.24. The van der Waals surface area contributed by atoms with Crippen LogP contribution in [0.25, 0.3) is 16.7 Å². The van der Waals surface area contributed by atoms with Gasteiger partial charge in [-0.25, -0.2) is 18.9 Å².